The van der Waals surface area contributed by atoms with E-state index in [2.05, 4.69) is 20.8 Å². The predicted molar refractivity (Wildman–Crippen MR) is 142 cm³/mol. The molecule has 0 bridgehead atoms. The first kappa shape index (κ1) is 27.1. The Bertz CT molecular complexity index is 1240. The molecule has 1 aliphatic rings. The fraction of sp³-hybridized carbons (Fsp3) is 0.414. The number of rotatable bonds is 10. The van der Waals surface area contributed by atoms with Gasteiger partial charge >= 0.3 is 0 Å². The molecular weight excluding hydrogens is 488 g/mol. The Morgan fingerprint density at radius 1 is 0.973 bits per heavy atom. The molecule has 1 unspecified atom stereocenters. The van der Waals surface area contributed by atoms with Crippen LogP contribution in [0.5, 0.6) is 0 Å². The topological polar surface area (TPSA) is 80.1 Å². The molecule has 1 fully saturated rings. The van der Waals surface area contributed by atoms with Gasteiger partial charge in [0.15, 0.2) is 0 Å². The molecule has 0 N–H and O–H groups in total. The number of sulfonamides is 1. The summed E-state index contributed by atoms with van der Waals surface area (Å²) in [5, 5.41) is 0. The zero-order valence-corrected chi connectivity index (χ0v) is 22.6. The minimum Gasteiger partial charge on any atom is -0.467 e. The average molecular weight is 525 g/mol. The molecule has 3 aromatic rings. The van der Waals surface area contributed by atoms with Gasteiger partial charge in [0.2, 0.25) is 15.9 Å². The summed E-state index contributed by atoms with van der Waals surface area (Å²) in [6, 6.07) is 20.2. The summed E-state index contributed by atoms with van der Waals surface area (Å²) in [4.78, 5) is 15.5. The van der Waals surface area contributed by atoms with Crippen LogP contribution in [-0.2, 0) is 38.1 Å². The normalized spacial score (nSPS) is 16.3. The third-order valence-electron chi connectivity index (χ3n) is 6.60. The molecule has 1 aromatic heterocycles. The van der Waals surface area contributed by atoms with Crippen molar-refractivity contribution in [2.45, 2.75) is 63.1 Å². The van der Waals surface area contributed by atoms with Crippen molar-refractivity contribution in [1.82, 2.24) is 9.21 Å². The second kappa shape index (κ2) is 11.6. The van der Waals surface area contributed by atoms with Crippen LogP contribution in [0.2, 0.25) is 0 Å². The van der Waals surface area contributed by atoms with Gasteiger partial charge in [0, 0.05) is 19.7 Å². The summed E-state index contributed by atoms with van der Waals surface area (Å²) in [6.07, 6.45) is 2.98. The number of ether oxygens (including phenoxy) is 1. The lowest BCUT2D eigenvalue weighted by Gasteiger charge is -2.28. The van der Waals surface area contributed by atoms with E-state index in [4.69, 9.17) is 9.15 Å². The van der Waals surface area contributed by atoms with Crippen molar-refractivity contribution in [2.75, 3.05) is 19.7 Å². The lowest BCUT2D eigenvalue weighted by atomic mass is 9.87. The molecule has 1 amide bonds. The first-order chi connectivity index (χ1) is 17.6. The molecule has 0 saturated carbocycles. The fourth-order valence-electron chi connectivity index (χ4n) is 4.42. The van der Waals surface area contributed by atoms with E-state index in [0.29, 0.717) is 18.9 Å². The third kappa shape index (κ3) is 7.09. The Morgan fingerprint density at radius 3 is 2.30 bits per heavy atom. The molecule has 198 valence electrons. The largest absolute Gasteiger partial charge is 0.467 e. The molecule has 8 heteroatoms. The zero-order valence-electron chi connectivity index (χ0n) is 21.8. The van der Waals surface area contributed by atoms with E-state index in [1.54, 1.807) is 29.4 Å². The monoisotopic (exact) mass is 524 g/mol. The van der Waals surface area contributed by atoms with E-state index < -0.39 is 10.0 Å². The van der Waals surface area contributed by atoms with Crippen molar-refractivity contribution in [3.05, 3.63) is 89.9 Å². The van der Waals surface area contributed by atoms with Crippen molar-refractivity contribution in [2.24, 2.45) is 0 Å². The van der Waals surface area contributed by atoms with Gasteiger partial charge in [-0.2, -0.15) is 4.31 Å². The Hall–Kier alpha value is -2.94. The molecule has 1 atom stereocenters. The molecule has 2 aromatic carbocycles. The van der Waals surface area contributed by atoms with Crippen molar-refractivity contribution < 1.29 is 22.4 Å². The molecule has 4 rings (SSSR count). The van der Waals surface area contributed by atoms with Gasteiger partial charge in [-0.15, -0.1) is 0 Å². The van der Waals surface area contributed by atoms with E-state index in [9.17, 15) is 13.2 Å². The van der Waals surface area contributed by atoms with Gasteiger partial charge in [-0.05, 0) is 53.6 Å². The quantitative estimate of drug-likeness (QED) is 0.374. The van der Waals surface area contributed by atoms with Gasteiger partial charge in [0.05, 0.1) is 30.4 Å². The maximum absolute atomic E-state index is 13.8. The minimum atomic E-state index is -3.93. The van der Waals surface area contributed by atoms with Crippen LogP contribution < -0.4 is 0 Å². The van der Waals surface area contributed by atoms with Crippen LogP contribution in [0.25, 0.3) is 0 Å². The summed E-state index contributed by atoms with van der Waals surface area (Å²) in [6.45, 7) is 7.29. The van der Waals surface area contributed by atoms with Gasteiger partial charge in [-0.3, -0.25) is 4.79 Å². The van der Waals surface area contributed by atoms with Crippen LogP contribution in [0.1, 0.15) is 50.5 Å². The highest BCUT2D eigenvalue weighted by molar-refractivity contribution is 7.89. The van der Waals surface area contributed by atoms with Gasteiger partial charge < -0.3 is 14.1 Å². The highest BCUT2D eigenvalue weighted by Crippen LogP contribution is 2.26. The summed E-state index contributed by atoms with van der Waals surface area (Å²) >= 11 is 0. The van der Waals surface area contributed by atoms with Gasteiger partial charge in [0.1, 0.15) is 5.76 Å². The van der Waals surface area contributed by atoms with E-state index >= 15 is 0 Å². The summed E-state index contributed by atoms with van der Waals surface area (Å²) in [5.41, 5.74) is 1.90. The SMILES string of the molecule is CC(C)(C)c1ccc(S(=O)(=O)N(CC(=O)N(Cc2ccccc2)Cc2ccco2)CC2CCCO2)cc1. The Balaban J connectivity index is 1.60. The number of hydrogen-bond donors (Lipinski definition) is 0. The number of furan rings is 1. The second-order valence-corrected chi connectivity index (χ2v) is 12.5. The zero-order chi connectivity index (χ0) is 26.5. The van der Waals surface area contributed by atoms with Gasteiger partial charge in [-0.1, -0.05) is 63.2 Å². The number of amides is 1. The smallest absolute Gasteiger partial charge is 0.243 e. The lowest BCUT2D eigenvalue weighted by Crippen LogP contribution is -2.45. The Morgan fingerprint density at radius 2 is 1.70 bits per heavy atom. The molecule has 2 heterocycles. The third-order valence-corrected chi connectivity index (χ3v) is 8.42. The van der Waals surface area contributed by atoms with Crippen LogP contribution in [0, 0.1) is 0 Å². The van der Waals surface area contributed by atoms with E-state index in [1.165, 1.54) is 4.31 Å². The van der Waals surface area contributed by atoms with E-state index in [1.807, 2.05) is 48.5 Å². The van der Waals surface area contributed by atoms with Crippen LogP contribution in [0.4, 0.5) is 0 Å². The standard InChI is InChI=1S/C29H36N2O5S/c1-29(2,3)24-13-15-27(16-14-24)37(33,34)31(21-26-12-8-18-36-26)22-28(32)30(20-25-11-7-17-35-25)19-23-9-5-4-6-10-23/h4-7,9-11,13-17,26H,8,12,18-22H2,1-3H3. The van der Waals surface area contributed by atoms with Crippen LogP contribution in [-0.4, -0.2) is 49.3 Å². The molecule has 1 saturated heterocycles. The highest BCUT2D eigenvalue weighted by Gasteiger charge is 2.32. The summed E-state index contributed by atoms with van der Waals surface area (Å²) < 4.78 is 40.1. The first-order valence-corrected chi connectivity index (χ1v) is 14.1. The Kier molecular flexibility index (Phi) is 8.52. The van der Waals surface area contributed by atoms with Crippen molar-refractivity contribution in [3.8, 4) is 0 Å². The number of carbonyl (C=O) groups excluding carboxylic acids is 1. The molecule has 37 heavy (non-hydrogen) atoms. The molecule has 0 radical (unpaired) electrons. The predicted octanol–water partition coefficient (Wildman–Crippen LogP) is 4.98. The van der Waals surface area contributed by atoms with E-state index in [-0.39, 0.29) is 42.0 Å². The average Bonchev–Trinajstić information content (AvgIpc) is 3.58. The fourth-order valence-corrected chi connectivity index (χ4v) is 5.84. The Labute approximate surface area is 220 Å². The molecule has 0 spiro atoms. The molecular formula is C29H36N2O5S. The lowest BCUT2D eigenvalue weighted by molar-refractivity contribution is -0.133. The maximum Gasteiger partial charge on any atom is 0.243 e. The molecule has 7 nitrogen and oxygen atoms in total. The number of nitrogens with zero attached hydrogens (tertiary/aromatic N) is 2. The van der Waals surface area contributed by atoms with E-state index in [0.717, 1.165) is 24.0 Å². The van der Waals surface area contributed by atoms with Crippen molar-refractivity contribution in [3.63, 3.8) is 0 Å². The molecule has 0 aliphatic carbocycles. The first-order valence-electron chi connectivity index (χ1n) is 12.7. The van der Waals surface area contributed by atoms with Crippen LogP contribution in [0.15, 0.2) is 82.3 Å². The number of hydrogen-bond acceptors (Lipinski definition) is 5. The van der Waals surface area contributed by atoms with Crippen LogP contribution in [0.3, 0.4) is 0 Å². The molecule has 1 aliphatic heterocycles. The maximum atomic E-state index is 13.8. The number of carbonyl (C=O) groups is 1. The minimum absolute atomic E-state index is 0.0978. The summed E-state index contributed by atoms with van der Waals surface area (Å²) in [5.74, 6) is 0.337. The highest BCUT2D eigenvalue weighted by atomic mass is 32.2. The van der Waals surface area contributed by atoms with Gasteiger partial charge in [0.25, 0.3) is 0 Å². The van der Waals surface area contributed by atoms with Crippen molar-refractivity contribution >= 4 is 15.9 Å². The second-order valence-electron chi connectivity index (χ2n) is 10.5. The van der Waals surface area contributed by atoms with Crippen molar-refractivity contribution in [1.29, 1.82) is 0 Å². The van der Waals surface area contributed by atoms with Gasteiger partial charge in [-0.25, -0.2) is 8.42 Å². The summed E-state index contributed by atoms with van der Waals surface area (Å²) in [7, 11) is -3.93. The van der Waals surface area contributed by atoms with Crippen LogP contribution >= 0.6 is 0 Å². The number of benzene rings is 2.